The van der Waals surface area contributed by atoms with E-state index in [0.29, 0.717) is 17.7 Å². The number of methoxy groups -OCH3 is 1. The Morgan fingerprint density at radius 1 is 1.34 bits per heavy atom. The molecule has 2 aromatic rings. The first-order chi connectivity index (χ1) is 16.8. The number of ether oxygens (including phenoxy) is 2. The number of para-hydroxylation sites is 1. The Morgan fingerprint density at radius 2 is 2.11 bits per heavy atom. The normalized spacial score (nSPS) is 19.5. The van der Waals surface area contributed by atoms with Gasteiger partial charge < -0.3 is 25.6 Å². The summed E-state index contributed by atoms with van der Waals surface area (Å²) in [6, 6.07) is 12.3. The van der Waals surface area contributed by atoms with Crippen molar-refractivity contribution < 1.29 is 24.2 Å². The molecule has 0 spiro atoms. The van der Waals surface area contributed by atoms with Crippen LogP contribution in [0.1, 0.15) is 60.6 Å². The molecule has 2 aromatic carbocycles. The number of benzene rings is 2. The SMILES string of the molecule is CCC1(C)CC(=O)NC(N)=N1.COc1ccccc1C(CO)NC(=O)c1ccc2c(c1)CCCO2. The molecule has 2 atom stereocenters. The molecular weight excluding hydrogens is 448 g/mol. The van der Waals surface area contributed by atoms with E-state index in [2.05, 4.69) is 15.6 Å². The summed E-state index contributed by atoms with van der Waals surface area (Å²) in [5.41, 5.74) is 7.47. The molecule has 9 heteroatoms. The van der Waals surface area contributed by atoms with E-state index in [4.69, 9.17) is 15.2 Å². The summed E-state index contributed by atoms with van der Waals surface area (Å²) in [5, 5.41) is 15.0. The van der Waals surface area contributed by atoms with Gasteiger partial charge in [-0.05, 0) is 56.0 Å². The molecule has 2 unspecified atom stereocenters. The second-order valence-electron chi connectivity index (χ2n) is 8.80. The quantitative estimate of drug-likeness (QED) is 0.500. The minimum Gasteiger partial charge on any atom is -0.496 e. The topological polar surface area (TPSA) is 135 Å². The van der Waals surface area contributed by atoms with Gasteiger partial charge in [-0.1, -0.05) is 25.1 Å². The van der Waals surface area contributed by atoms with Gasteiger partial charge >= 0.3 is 0 Å². The Morgan fingerprint density at radius 3 is 2.80 bits per heavy atom. The lowest BCUT2D eigenvalue weighted by molar-refractivity contribution is -0.121. The maximum atomic E-state index is 12.6. The maximum Gasteiger partial charge on any atom is 0.251 e. The van der Waals surface area contributed by atoms with Crippen molar-refractivity contribution in [3.05, 3.63) is 59.2 Å². The van der Waals surface area contributed by atoms with E-state index in [9.17, 15) is 14.7 Å². The van der Waals surface area contributed by atoms with Crippen molar-refractivity contribution in [2.45, 2.75) is 51.1 Å². The molecule has 188 valence electrons. The third-order valence-electron chi connectivity index (χ3n) is 6.13. The van der Waals surface area contributed by atoms with Gasteiger partial charge in [-0.25, -0.2) is 4.99 Å². The van der Waals surface area contributed by atoms with E-state index < -0.39 is 6.04 Å². The van der Waals surface area contributed by atoms with Crippen LogP contribution in [0.25, 0.3) is 0 Å². The number of nitrogens with two attached hydrogens (primary N) is 1. The first-order valence-electron chi connectivity index (χ1n) is 11.7. The van der Waals surface area contributed by atoms with Crippen LogP contribution in [0.15, 0.2) is 47.5 Å². The number of carbonyl (C=O) groups is 2. The highest BCUT2D eigenvalue weighted by molar-refractivity contribution is 5.98. The average molecular weight is 483 g/mol. The van der Waals surface area contributed by atoms with Crippen molar-refractivity contribution in [3.8, 4) is 11.5 Å². The summed E-state index contributed by atoms with van der Waals surface area (Å²) in [4.78, 5) is 27.7. The van der Waals surface area contributed by atoms with Gasteiger partial charge in [0.25, 0.3) is 5.91 Å². The number of aryl methyl sites for hydroxylation is 1. The summed E-state index contributed by atoms with van der Waals surface area (Å²) < 4.78 is 10.9. The summed E-state index contributed by atoms with van der Waals surface area (Å²) in [6.07, 6.45) is 3.14. The van der Waals surface area contributed by atoms with E-state index in [1.165, 1.54) is 0 Å². The smallest absolute Gasteiger partial charge is 0.251 e. The van der Waals surface area contributed by atoms with E-state index in [-0.39, 0.29) is 29.9 Å². The number of hydrogen-bond donors (Lipinski definition) is 4. The van der Waals surface area contributed by atoms with Gasteiger partial charge in [-0.15, -0.1) is 0 Å². The van der Waals surface area contributed by atoms with Crippen LogP contribution in [0.5, 0.6) is 11.5 Å². The number of aliphatic imine (C=N–C) groups is 1. The predicted molar refractivity (Wildman–Crippen MR) is 134 cm³/mol. The van der Waals surface area contributed by atoms with E-state index in [1.807, 2.05) is 44.2 Å². The van der Waals surface area contributed by atoms with Crippen LogP contribution in [0.4, 0.5) is 0 Å². The molecule has 0 aliphatic carbocycles. The van der Waals surface area contributed by atoms with Gasteiger partial charge in [-0.2, -0.15) is 0 Å². The van der Waals surface area contributed by atoms with Crippen molar-refractivity contribution in [2.24, 2.45) is 10.7 Å². The third kappa shape index (κ3) is 6.73. The minimum atomic E-state index is -0.527. The predicted octanol–water partition coefficient (Wildman–Crippen LogP) is 2.47. The van der Waals surface area contributed by atoms with Crippen molar-refractivity contribution >= 4 is 17.8 Å². The molecule has 2 heterocycles. The molecule has 0 saturated carbocycles. The summed E-state index contributed by atoms with van der Waals surface area (Å²) in [7, 11) is 1.57. The number of aliphatic hydroxyl groups is 1. The maximum absolute atomic E-state index is 12.6. The molecule has 35 heavy (non-hydrogen) atoms. The van der Waals surface area contributed by atoms with Crippen molar-refractivity contribution in [3.63, 3.8) is 0 Å². The van der Waals surface area contributed by atoms with E-state index in [0.717, 1.165) is 42.7 Å². The zero-order valence-electron chi connectivity index (χ0n) is 20.5. The van der Waals surface area contributed by atoms with Gasteiger partial charge in [0.1, 0.15) is 11.5 Å². The molecule has 2 aliphatic heterocycles. The number of aliphatic hydroxyl groups excluding tert-OH is 1. The van der Waals surface area contributed by atoms with Crippen LogP contribution in [0.3, 0.4) is 0 Å². The molecule has 0 radical (unpaired) electrons. The fourth-order valence-electron chi connectivity index (χ4n) is 4.01. The summed E-state index contributed by atoms with van der Waals surface area (Å²) in [6.45, 7) is 4.44. The lowest BCUT2D eigenvalue weighted by atomic mass is 9.94. The number of carbonyl (C=O) groups excluding carboxylic acids is 2. The molecule has 0 aromatic heterocycles. The fourth-order valence-corrected chi connectivity index (χ4v) is 4.01. The second-order valence-corrected chi connectivity index (χ2v) is 8.80. The molecule has 2 aliphatic rings. The van der Waals surface area contributed by atoms with E-state index in [1.54, 1.807) is 19.2 Å². The van der Waals surface area contributed by atoms with Gasteiger partial charge in [0, 0.05) is 11.1 Å². The highest BCUT2D eigenvalue weighted by atomic mass is 16.5. The molecule has 0 saturated heterocycles. The monoisotopic (exact) mass is 482 g/mol. The van der Waals surface area contributed by atoms with Crippen LogP contribution in [0, 0.1) is 0 Å². The van der Waals surface area contributed by atoms with Crippen LogP contribution in [-0.4, -0.2) is 48.7 Å². The van der Waals surface area contributed by atoms with Gasteiger partial charge in [-0.3, -0.25) is 14.9 Å². The lowest BCUT2D eigenvalue weighted by Gasteiger charge is -2.27. The molecule has 4 rings (SSSR count). The molecule has 0 fully saturated rings. The highest BCUT2D eigenvalue weighted by Gasteiger charge is 2.29. The van der Waals surface area contributed by atoms with Gasteiger partial charge in [0.05, 0.1) is 38.3 Å². The number of nitrogens with zero attached hydrogens (tertiary/aromatic N) is 1. The molecule has 2 amide bonds. The second kappa shape index (κ2) is 11.7. The Bertz CT molecular complexity index is 1090. The Labute approximate surface area is 205 Å². The Hall–Kier alpha value is -3.59. The molecular formula is C26H34N4O5. The minimum absolute atomic E-state index is 0.0400. The first-order valence-corrected chi connectivity index (χ1v) is 11.7. The molecule has 9 nitrogen and oxygen atoms in total. The third-order valence-corrected chi connectivity index (χ3v) is 6.13. The van der Waals surface area contributed by atoms with Gasteiger partial charge in [0.15, 0.2) is 5.96 Å². The number of nitrogens with one attached hydrogen (secondary N) is 2. The Kier molecular flexibility index (Phi) is 8.70. The van der Waals surface area contributed by atoms with Crippen LogP contribution in [0.2, 0.25) is 0 Å². The van der Waals surface area contributed by atoms with E-state index >= 15 is 0 Å². The van der Waals surface area contributed by atoms with Crippen molar-refractivity contribution in [1.82, 2.24) is 10.6 Å². The largest absolute Gasteiger partial charge is 0.496 e. The van der Waals surface area contributed by atoms with Crippen LogP contribution >= 0.6 is 0 Å². The average Bonchev–Trinajstić information content (AvgIpc) is 2.86. The molecule has 0 bridgehead atoms. The summed E-state index contributed by atoms with van der Waals surface area (Å²) >= 11 is 0. The molecule has 5 N–H and O–H groups in total. The fraction of sp³-hybridized carbons (Fsp3) is 0.423. The standard InChI is InChI=1S/C19H21NO4.C7H13N3O/c1-23-18-7-3-2-6-15(18)16(12-21)20-19(22)14-8-9-17-13(11-14)5-4-10-24-17;1-3-7(2)4-5(11)9-6(8)10-7/h2-3,6-9,11,16,21H,4-5,10,12H2,1H3,(H,20,22);3-4H2,1-2H3,(H3,8,9,10,11). The zero-order chi connectivity index (χ0) is 25.4. The Balaban J connectivity index is 0.000000261. The van der Waals surface area contributed by atoms with Crippen molar-refractivity contribution in [2.75, 3.05) is 20.3 Å². The van der Waals surface area contributed by atoms with Crippen molar-refractivity contribution in [1.29, 1.82) is 0 Å². The number of fused-ring (bicyclic) bond motifs is 1. The van der Waals surface area contributed by atoms with Crippen LogP contribution < -0.4 is 25.8 Å². The first kappa shape index (κ1) is 26.0. The lowest BCUT2D eigenvalue weighted by Crippen LogP contribution is -2.47. The zero-order valence-corrected chi connectivity index (χ0v) is 20.5. The van der Waals surface area contributed by atoms with Gasteiger partial charge in [0.2, 0.25) is 5.91 Å². The number of rotatable bonds is 6. The highest BCUT2D eigenvalue weighted by Crippen LogP contribution is 2.27. The summed E-state index contributed by atoms with van der Waals surface area (Å²) in [5.74, 6) is 1.46. The number of hydrogen-bond acceptors (Lipinski definition) is 7. The number of guanidine groups is 1. The number of amides is 2. The van der Waals surface area contributed by atoms with Crippen LogP contribution in [-0.2, 0) is 11.2 Å².